The minimum Gasteiger partial charge on any atom is -0.466 e. The van der Waals surface area contributed by atoms with Crippen LogP contribution in [0.1, 0.15) is 22.8 Å². The molecule has 1 aromatic heterocycles. The Morgan fingerprint density at radius 1 is 1.04 bits per heavy atom. The van der Waals surface area contributed by atoms with E-state index < -0.39 is 0 Å². The van der Waals surface area contributed by atoms with Crippen molar-refractivity contribution >= 4 is 22.8 Å². The Kier molecular flexibility index (Phi) is 4.84. The number of carbonyl (C=O) groups excluding carboxylic acids is 2. The number of esters is 2. The van der Waals surface area contributed by atoms with Gasteiger partial charge in [0, 0.05) is 10.9 Å². The molecular weight excluding hydrogens is 318 g/mol. The first-order chi connectivity index (χ1) is 12.1. The predicted octanol–water partition coefficient (Wildman–Crippen LogP) is 3.73. The maximum absolute atomic E-state index is 12.0. The fraction of sp³-hybridized carbons (Fsp3) is 0.200. The van der Waals surface area contributed by atoms with Crippen molar-refractivity contribution in [2.45, 2.75) is 13.3 Å². The van der Waals surface area contributed by atoms with E-state index in [2.05, 4.69) is 4.98 Å². The molecule has 0 saturated carbocycles. The zero-order valence-electron chi connectivity index (χ0n) is 14.2. The number of ether oxygens (including phenoxy) is 2. The number of methoxy groups -OCH3 is 1. The van der Waals surface area contributed by atoms with Crippen LogP contribution in [0, 0.1) is 0 Å². The van der Waals surface area contributed by atoms with E-state index in [0.717, 1.165) is 27.7 Å². The van der Waals surface area contributed by atoms with Crippen LogP contribution < -0.4 is 0 Å². The van der Waals surface area contributed by atoms with Crippen LogP contribution in [-0.2, 0) is 20.7 Å². The number of nitrogens with one attached hydrogen (secondary N) is 1. The van der Waals surface area contributed by atoms with Crippen LogP contribution in [0.25, 0.3) is 22.2 Å². The summed E-state index contributed by atoms with van der Waals surface area (Å²) in [5.74, 6) is -0.644. The van der Waals surface area contributed by atoms with Gasteiger partial charge in [0.25, 0.3) is 0 Å². The highest BCUT2D eigenvalue weighted by atomic mass is 16.5. The molecule has 2 aromatic carbocycles. The second-order valence-corrected chi connectivity index (χ2v) is 5.57. The van der Waals surface area contributed by atoms with Crippen LogP contribution in [0.5, 0.6) is 0 Å². The zero-order valence-corrected chi connectivity index (χ0v) is 14.2. The Bertz CT molecular complexity index is 909. The molecule has 1 heterocycles. The van der Waals surface area contributed by atoms with E-state index in [4.69, 9.17) is 9.47 Å². The highest BCUT2D eigenvalue weighted by Crippen LogP contribution is 2.31. The average Bonchev–Trinajstić information content (AvgIpc) is 3.00. The van der Waals surface area contributed by atoms with Crippen LogP contribution in [0.2, 0.25) is 0 Å². The van der Waals surface area contributed by atoms with E-state index in [1.165, 1.54) is 7.11 Å². The number of aromatic nitrogens is 1. The maximum atomic E-state index is 12.0. The summed E-state index contributed by atoms with van der Waals surface area (Å²) in [6.45, 7) is 2.14. The average molecular weight is 337 g/mol. The molecule has 0 bridgehead atoms. The molecule has 128 valence electrons. The van der Waals surface area contributed by atoms with Crippen molar-refractivity contribution in [1.29, 1.82) is 0 Å². The van der Waals surface area contributed by atoms with E-state index >= 15 is 0 Å². The largest absolute Gasteiger partial charge is 0.466 e. The van der Waals surface area contributed by atoms with Crippen LogP contribution in [0.3, 0.4) is 0 Å². The van der Waals surface area contributed by atoms with Gasteiger partial charge >= 0.3 is 11.9 Å². The van der Waals surface area contributed by atoms with E-state index in [-0.39, 0.29) is 18.4 Å². The molecule has 0 saturated heterocycles. The third kappa shape index (κ3) is 3.40. The lowest BCUT2D eigenvalue weighted by atomic mass is 10.0. The van der Waals surface area contributed by atoms with Gasteiger partial charge in [0.15, 0.2) is 0 Å². The zero-order chi connectivity index (χ0) is 17.8. The second-order valence-electron chi connectivity index (χ2n) is 5.57. The molecule has 1 N–H and O–H groups in total. The van der Waals surface area contributed by atoms with Gasteiger partial charge in [0.05, 0.1) is 31.4 Å². The Morgan fingerprint density at radius 2 is 1.76 bits per heavy atom. The van der Waals surface area contributed by atoms with E-state index in [0.29, 0.717) is 12.2 Å². The van der Waals surface area contributed by atoms with Crippen molar-refractivity contribution in [2.75, 3.05) is 13.7 Å². The molecule has 0 aliphatic rings. The summed E-state index contributed by atoms with van der Waals surface area (Å²) in [6, 6.07) is 14.9. The number of rotatable bonds is 5. The lowest BCUT2D eigenvalue weighted by Gasteiger charge is -2.06. The maximum Gasteiger partial charge on any atom is 0.337 e. The molecule has 0 atom stereocenters. The van der Waals surface area contributed by atoms with Crippen LogP contribution in [0.15, 0.2) is 48.5 Å². The third-order valence-corrected chi connectivity index (χ3v) is 4.03. The Balaban J connectivity index is 2.05. The van der Waals surface area contributed by atoms with Crippen LogP contribution >= 0.6 is 0 Å². The first-order valence-corrected chi connectivity index (χ1v) is 8.08. The number of benzene rings is 2. The molecule has 5 heteroatoms. The fourth-order valence-electron chi connectivity index (χ4n) is 2.88. The molecule has 0 fully saturated rings. The van der Waals surface area contributed by atoms with Crippen LogP contribution in [0.4, 0.5) is 0 Å². The lowest BCUT2D eigenvalue weighted by molar-refractivity contribution is -0.142. The smallest absolute Gasteiger partial charge is 0.337 e. The van der Waals surface area contributed by atoms with Crippen LogP contribution in [-0.4, -0.2) is 30.6 Å². The molecule has 3 aromatic rings. The van der Waals surface area contributed by atoms with E-state index in [9.17, 15) is 9.59 Å². The lowest BCUT2D eigenvalue weighted by Crippen LogP contribution is -2.08. The highest BCUT2D eigenvalue weighted by Gasteiger charge is 2.17. The number of carbonyl (C=O) groups is 2. The highest BCUT2D eigenvalue weighted by molar-refractivity contribution is 5.95. The van der Waals surface area contributed by atoms with Gasteiger partial charge in [-0.2, -0.15) is 0 Å². The van der Waals surface area contributed by atoms with Crippen molar-refractivity contribution in [3.05, 3.63) is 59.7 Å². The summed E-state index contributed by atoms with van der Waals surface area (Å²) in [7, 11) is 1.35. The summed E-state index contributed by atoms with van der Waals surface area (Å²) in [4.78, 5) is 27.0. The molecular formula is C20H19NO4. The van der Waals surface area contributed by atoms with Crippen molar-refractivity contribution < 1.29 is 19.1 Å². The topological polar surface area (TPSA) is 68.4 Å². The molecule has 0 amide bonds. The number of para-hydroxylation sites is 1. The number of hydrogen-bond acceptors (Lipinski definition) is 4. The third-order valence-electron chi connectivity index (χ3n) is 4.03. The minimum atomic E-state index is -0.380. The van der Waals surface area contributed by atoms with Gasteiger partial charge < -0.3 is 14.5 Å². The molecule has 0 unspecified atom stereocenters. The molecule has 0 aliphatic carbocycles. The SMILES string of the molecule is CCOC(=O)Cc1c(-c2ccc(C(=O)OC)cc2)[nH]c2ccccc12. The van der Waals surface area contributed by atoms with Gasteiger partial charge in [-0.05, 0) is 36.2 Å². The van der Waals surface area contributed by atoms with Crippen molar-refractivity contribution in [1.82, 2.24) is 4.98 Å². The fourth-order valence-corrected chi connectivity index (χ4v) is 2.88. The Morgan fingerprint density at radius 3 is 2.44 bits per heavy atom. The van der Waals surface area contributed by atoms with Crippen molar-refractivity contribution in [3.8, 4) is 11.3 Å². The number of H-pyrrole nitrogens is 1. The number of fused-ring (bicyclic) bond motifs is 1. The normalized spacial score (nSPS) is 10.6. The van der Waals surface area contributed by atoms with Gasteiger partial charge in [-0.15, -0.1) is 0 Å². The first-order valence-electron chi connectivity index (χ1n) is 8.08. The Labute approximate surface area is 145 Å². The summed E-state index contributed by atoms with van der Waals surface area (Å²) >= 11 is 0. The summed E-state index contributed by atoms with van der Waals surface area (Å²) in [5.41, 5.74) is 4.07. The van der Waals surface area contributed by atoms with E-state index in [1.807, 2.05) is 36.4 Å². The minimum absolute atomic E-state index is 0.186. The summed E-state index contributed by atoms with van der Waals surface area (Å²) in [6.07, 6.45) is 0.186. The van der Waals surface area contributed by atoms with Gasteiger partial charge in [-0.25, -0.2) is 4.79 Å². The molecule has 0 radical (unpaired) electrons. The van der Waals surface area contributed by atoms with Crippen molar-refractivity contribution in [3.63, 3.8) is 0 Å². The van der Waals surface area contributed by atoms with E-state index in [1.54, 1.807) is 19.1 Å². The molecule has 0 spiro atoms. The monoisotopic (exact) mass is 337 g/mol. The molecule has 0 aliphatic heterocycles. The Hall–Kier alpha value is -3.08. The standard InChI is InChI=1S/C20H19NO4/c1-3-25-18(22)12-16-15-6-4-5-7-17(15)21-19(16)13-8-10-14(11-9-13)20(23)24-2/h4-11,21H,3,12H2,1-2H3. The quantitative estimate of drug-likeness (QED) is 0.720. The summed E-state index contributed by atoms with van der Waals surface area (Å²) < 4.78 is 9.83. The van der Waals surface area contributed by atoms with Crippen molar-refractivity contribution in [2.24, 2.45) is 0 Å². The molecule has 3 rings (SSSR count). The molecule has 25 heavy (non-hydrogen) atoms. The van der Waals surface area contributed by atoms with Gasteiger partial charge in [-0.1, -0.05) is 30.3 Å². The second kappa shape index (κ2) is 7.21. The first kappa shape index (κ1) is 16.8. The number of aromatic amines is 1. The van der Waals surface area contributed by atoms with Gasteiger partial charge in [0.1, 0.15) is 0 Å². The van der Waals surface area contributed by atoms with Gasteiger partial charge in [-0.3, -0.25) is 4.79 Å². The predicted molar refractivity (Wildman–Crippen MR) is 95.4 cm³/mol. The summed E-state index contributed by atoms with van der Waals surface area (Å²) in [5, 5.41) is 0.989. The van der Waals surface area contributed by atoms with Gasteiger partial charge in [0.2, 0.25) is 0 Å². The number of hydrogen-bond donors (Lipinski definition) is 1. The molecule has 5 nitrogen and oxygen atoms in total.